The van der Waals surface area contributed by atoms with Crippen LogP contribution in [-0.4, -0.2) is 28.2 Å². The number of nitrogens with zero attached hydrogens (tertiary/aromatic N) is 3. The summed E-state index contributed by atoms with van der Waals surface area (Å²) in [4.78, 5) is 20.7. The highest BCUT2D eigenvalue weighted by molar-refractivity contribution is 6.35. The van der Waals surface area contributed by atoms with Gasteiger partial charge in [0.1, 0.15) is 11.4 Å². The maximum atomic E-state index is 12.1. The number of para-hydroxylation sites is 2. The lowest BCUT2D eigenvalue weighted by atomic mass is 10.3. The van der Waals surface area contributed by atoms with Gasteiger partial charge in [-0.15, -0.1) is 0 Å². The number of fused-ring (bicyclic) bond motifs is 1. The number of hydrazone groups is 1. The van der Waals surface area contributed by atoms with Gasteiger partial charge in [-0.3, -0.25) is 9.78 Å². The molecule has 0 spiro atoms. The van der Waals surface area contributed by atoms with Crippen LogP contribution in [-0.2, 0) is 4.79 Å². The topological polar surface area (TPSA) is 76.5 Å². The van der Waals surface area contributed by atoms with E-state index in [1.807, 2.05) is 24.3 Å². The average Bonchev–Trinajstić information content (AvgIpc) is 2.63. The Morgan fingerprint density at radius 1 is 1.23 bits per heavy atom. The maximum absolute atomic E-state index is 12.1. The van der Waals surface area contributed by atoms with Crippen LogP contribution in [0.4, 0.5) is 0 Å². The molecule has 6 nitrogen and oxygen atoms in total. The molecule has 0 saturated heterocycles. The van der Waals surface area contributed by atoms with E-state index in [2.05, 4.69) is 20.5 Å². The summed E-state index contributed by atoms with van der Waals surface area (Å²) in [5, 5.41) is 4.70. The quantitative estimate of drug-likeness (QED) is 0.531. The minimum Gasteiger partial charge on any atom is -0.479 e. The normalized spacial score (nSPS) is 12.3. The number of carbonyl (C=O) groups excluding carboxylic acids is 1. The molecule has 8 heteroatoms. The van der Waals surface area contributed by atoms with E-state index in [1.54, 1.807) is 31.3 Å². The third kappa shape index (κ3) is 4.47. The molecule has 1 amide bonds. The molecule has 1 unspecified atom stereocenters. The Hall–Kier alpha value is -2.70. The van der Waals surface area contributed by atoms with Crippen molar-refractivity contribution in [3.8, 4) is 5.75 Å². The number of hydrogen-bond donors (Lipinski definition) is 1. The highest BCUT2D eigenvalue weighted by Gasteiger charge is 2.15. The summed E-state index contributed by atoms with van der Waals surface area (Å²) >= 11 is 11.9. The molecule has 3 aromatic rings. The van der Waals surface area contributed by atoms with Gasteiger partial charge in [-0.2, -0.15) is 5.10 Å². The fraction of sp³-hybridized carbons (Fsp3) is 0.111. The second kappa shape index (κ2) is 8.12. The lowest BCUT2D eigenvalue weighted by Gasteiger charge is -2.14. The summed E-state index contributed by atoms with van der Waals surface area (Å²) in [6.07, 6.45) is 2.19. The van der Waals surface area contributed by atoms with Crippen molar-refractivity contribution in [1.29, 1.82) is 0 Å². The molecule has 0 aliphatic rings. The molecular weight excluding hydrogens is 375 g/mol. The summed E-state index contributed by atoms with van der Waals surface area (Å²) < 4.78 is 5.52. The van der Waals surface area contributed by atoms with Crippen molar-refractivity contribution in [2.75, 3.05) is 0 Å². The minimum atomic E-state index is -0.798. The summed E-state index contributed by atoms with van der Waals surface area (Å²) in [7, 11) is 0. The van der Waals surface area contributed by atoms with Crippen LogP contribution in [0.25, 0.3) is 11.0 Å². The van der Waals surface area contributed by atoms with Crippen molar-refractivity contribution >= 4 is 46.4 Å². The number of benzene rings is 2. The van der Waals surface area contributed by atoms with Gasteiger partial charge in [0.2, 0.25) is 0 Å². The molecule has 0 aliphatic carbocycles. The van der Waals surface area contributed by atoms with Gasteiger partial charge >= 0.3 is 0 Å². The van der Waals surface area contributed by atoms with E-state index in [-0.39, 0.29) is 0 Å². The van der Waals surface area contributed by atoms with Crippen LogP contribution in [0.15, 0.2) is 53.8 Å². The molecule has 3 rings (SSSR count). The zero-order chi connectivity index (χ0) is 18.5. The number of amides is 1. The Morgan fingerprint density at radius 2 is 2.00 bits per heavy atom. The van der Waals surface area contributed by atoms with E-state index in [1.165, 1.54) is 6.21 Å². The molecule has 132 valence electrons. The highest BCUT2D eigenvalue weighted by atomic mass is 35.5. The Morgan fingerprint density at radius 3 is 2.77 bits per heavy atom. The van der Waals surface area contributed by atoms with E-state index in [4.69, 9.17) is 27.9 Å². The number of aromatic nitrogens is 2. The molecule has 0 fully saturated rings. The van der Waals surface area contributed by atoms with Gasteiger partial charge in [0.25, 0.3) is 5.91 Å². The number of hydrogen-bond acceptors (Lipinski definition) is 5. The van der Waals surface area contributed by atoms with Gasteiger partial charge < -0.3 is 4.74 Å². The van der Waals surface area contributed by atoms with E-state index in [0.29, 0.717) is 21.5 Å². The van der Waals surface area contributed by atoms with E-state index in [0.717, 1.165) is 11.0 Å². The molecule has 0 saturated carbocycles. The molecular formula is C18H14Cl2N4O2. The van der Waals surface area contributed by atoms with Crippen molar-refractivity contribution in [2.24, 2.45) is 5.10 Å². The maximum Gasteiger partial charge on any atom is 0.280 e. The zero-order valence-electron chi connectivity index (χ0n) is 13.7. The van der Waals surface area contributed by atoms with Crippen molar-refractivity contribution < 1.29 is 9.53 Å². The van der Waals surface area contributed by atoms with E-state index >= 15 is 0 Å². The molecule has 2 aromatic carbocycles. The first kappa shape index (κ1) is 18.1. The largest absolute Gasteiger partial charge is 0.479 e. The van der Waals surface area contributed by atoms with Crippen LogP contribution in [0.2, 0.25) is 10.0 Å². The third-order valence-corrected chi connectivity index (χ3v) is 3.94. The number of halogens is 2. The SMILES string of the molecule is CC(Oc1ccc(Cl)cc1Cl)C(=O)N/N=C/c1cnc2ccccc2n1. The Kier molecular flexibility index (Phi) is 5.65. The van der Waals surface area contributed by atoms with Crippen LogP contribution >= 0.6 is 23.2 Å². The second-order valence-electron chi connectivity index (χ2n) is 5.35. The van der Waals surface area contributed by atoms with Crippen LogP contribution < -0.4 is 10.2 Å². The second-order valence-corrected chi connectivity index (χ2v) is 6.20. The fourth-order valence-electron chi connectivity index (χ4n) is 2.10. The van der Waals surface area contributed by atoms with Gasteiger partial charge in [0.15, 0.2) is 6.10 Å². The first-order valence-corrected chi connectivity index (χ1v) is 8.45. The lowest BCUT2D eigenvalue weighted by molar-refractivity contribution is -0.127. The standard InChI is InChI=1S/C18H14Cl2N4O2/c1-11(26-17-7-6-12(19)8-14(17)20)18(25)24-22-10-13-9-21-15-4-2-3-5-16(15)23-13/h2-11H,1H3,(H,24,25)/b22-10+. The summed E-state index contributed by atoms with van der Waals surface area (Å²) in [5.74, 6) is -0.0656. The number of ether oxygens (including phenoxy) is 1. The van der Waals surface area contributed by atoms with Gasteiger partial charge in [0, 0.05) is 5.02 Å². The first-order chi connectivity index (χ1) is 12.5. The zero-order valence-corrected chi connectivity index (χ0v) is 15.2. The van der Waals surface area contributed by atoms with Gasteiger partial charge in [0.05, 0.1) is 28.5 Å². The Balaban J connectivity index is 1.60. The van der Waals surface area contributed by atoms with Crippen molar-refractivity contribution in [2.45, 2.75) is 13.0 Å². The van der Waals surface area contributed by atoms with Gasteiger partial charge in [-0.05, 0) is 37.3 Å². The molecule has 1 aromatic heterocycles. The van der Waals surface area contributed by atoms with E-state index in [9.17, 15) is 4.79 Å². The summed E-state index contributed by atoms with van der Waals surface area (Å²) in [5.41, 5.74) is 4.46. The molecule has 1 atom stereocenters. The number of rotatable bonds is 5. The van der Waals surface area contributed by atoms with Crippen LogP contribution in [0.1, 0.15) is 12.6 Å². The van der Waals surface area contributed by atoms with Gasteiger partial charge in [-0.1, -0.05) is 35.3 Å². The smallest absolute Gasteiger partial charge is 0.280 e. The highest BCUT2D eigenvalue weighted by Crippen LogP contribution is 2.28. The summed E-state index contributed by atoms with van der Waals surface area (Å²) in [6, 6.07) is 12.3. The van der Waals surface area contributed by atoms with Crippen LogP contribution in [0.3, 0.4) is 0 Å². The number of nitrogens with one attached hydrogen (secondary N) is 1. The van der Waals surface area contributed by atoms with Crippen molar-refractivity contribution in [3.63, 3.8) is 0 Å². The third-order valence-electron chi connectivity index (χ3n) is 3.41. The monoisotopic (exact) mass is 388 g/mol. The Labute approximate surface area is 159 Å². The predicted octanol–water partition coefficient (Wildman–Crippen LogP) is 3.85. The van der Waals surface area contributed by atoms with Crippen LogP contribution in [0.5, 0.6) is 5.75 Å². The molecule has 0 aliphatic heterocycles. The first-order valence-electron chi connectivity index (χ1n) is 7.69. The molecule has 0 radical (unpaired) electrons. The fourth-order valence-corrected chi connectivity index (χ4v) is 2.55. The van der Waals surface area contributed by atoms with Crippen molar-refractivity contribution in [1.82, 2.24) is 15.4 Å². The van der Waals surface area contributed by atoms with E-state index < -0.39 is 12.0 Å². The molecule has 1 heterocycles. The predicted molar refractivity (Wildman–Crippen MR) is 102 cm³/mol. The number of carbonyl (C=O) groups is 1. The molecule has 1 N–H and O–H groups in total. The molecule has 26 heavy (non-hydrogen) atoms. The minimum absolute atomic E-state index is 0.326. The summed E-state index contributed by atoms with van der Waals surface area (Å²) in [6.45, 7) is 1.59. The lowest BCUT2D eigenvalue weighted by Crippen LogP contribution is -2.33. The van der Waals surface area contributed by atoms with Crippen molar-refractivity contribution in [3.05, 3.63) is 64.4 Å². The Bertz CT molecular complexity index is 978. The van der Waals surface area contributed by atoms with Gasteiger partial charge in [-0.25, -0.2) is 10.4 Å². The molecule has 0 bridgehead atoms. The van der Waals surface area contributed by atoms with Crippen LogP contribution in [0, 0.1) is 0 Å². The average molecular weight is 389 g/mol.